The Morgan fingerprint density at radius 1 is 1.06 bits per heavy atom. The smallest absolute Gasteiger partial charge is 0.166 e. The maximum absolute atomic E-state index is 13.7. The minimum Gasteiger partial charge on any atom is -0.454 e. The molecule has 0 spiro atoms. The Kier molecular flexibility index (Phi) is 3.97. The summed E-state index contributed by atoms with van der Waals surface area (Å²) in [5, 5.41) is 0.583. The predicted molar refractivity (Wildman–Crippen MR) is 70.2 cm³/mol. The van der Waals surface area contributed by atoms with Crippen molar-refractivity contribution in [2.24, 2.45) is 0 Å². The summed E-state index contributed by atoms with van der Waals surface area (Å²) in [6.07, 6.45) is 0. The highest BCUT2D eigenvalue weighted by Crippen LogP contribution is 2.28. The Morgan fingerprint density at radius 2 is 1.78 bits per heavy atom. The van der Waals surface area contributed by atoms with Crippen molar-refractivity contribution < 1.29 is 13.5 Å². The molecule has 2 aromatic carbocycles. The Labute approximate surface area is 113 Å². The van der Waals surface area contributed by atoms with Crippen molar-refractivity contribution in [3.63, 3.8) is 0 Å². The van der Waals surface area contributed by atoms with Crippen LogP contribution < -0.4 is 4.74 Å². The Morgan fingerprint density at radius 3 is 2.39 bits per heavy atom. The van der Waals surface area contributed by atoms with Crippen molar-refractivity contribution in [1.29, 1.82) is 0 Å². The Balaban J connectivity index is 2.28. The molecule has 4 heteroatoms. The van der Waals surface area contributed by atoms with Crippen LogP contribution in [-0.2, 0) is 5.33 Å². The highest BCUT2D eigenvalue weighted by atomic mass is 79.9. The van der Waals surface area contributed by atoms with E-state index in [2.05, 4.69) is 15.9 Å². The lowest BCUT2D eigenvalue weighted by Gasteiger charge is -2.10. The van der Waals surface area contributed by atoms with Gasteiger partial charge in [0.2, 0.25) is 0 Å². The van der Waals surface area contributed by atoms with Crippen molar-refractivity contribution in [1.82, 2.24) is 0 Å². The standard InChI is InChI=1S/C14H11BrF2O/c1-9-6-11(16)3-5-13(9)18-14-4-2-10(8-15)7-12(14)17/h2-7H,8H2,1H3. The van der Waals surface area contributed by atoms with Crippen LogP contribution in [0, 0.1) is 18.6 Å². The van der Waals surface area contributed by atoms with Crippen molar-refractivity contribution in [2.75, 3.05) is 0 Å². The molecule has 0 saturated carbocycles. The minimum atomic E-state index is -0.435. The summed E-state index contributed by atoms with van der Waals surface area (Å²) in [6.45, 7) is 1.71. The molecule has 0 N–H and O–H groups in total. The van der Waals surface area contributed by atoms with Crippen LogP contribution in [-0.4, -0.2) is 0 Å². The lowest BCUT2D eigenvalue weighted by molar-refractivity contribution is 0.438. The summed E-state index contributed by atoms with van der Waals surface area (Å²) in [7, 11) is 0. The number of alkyl halides is 1. The van der Waals surface area contributed by atoms with Crippen LogP contribution in [0.2, 0.25) is 0 Å². The SMILES string of the molecule is Cc1cc(F)ccc1Oc1ccc(CBr)cc1F. The van der Waals surface area contributed by atoms with E-state index in [9.17, 15) is 8.78 Å². The fourth-order valence-corrected chi connectivity index (χ4v) is 1.90. The normalized spacial score (nSPS) is 10.4. The zero-order valence-electron chi connectivity index (χ0n) is 9.71. The molecule has 0 atom stereocenters. The van der Waals surface area contributed by atoms with Crippen LogP contribution in [0.25, 0.3) is 0 Å². The van der Waals surface area contributed by atoms with E-state index in [1.807, 2.05) is 0 Å². The molecular formula is C14H11BrF2O. The van der Waals surface area contributed by atoms with Crippen molar-refractivity contribution in [2.45, 2.75) is 12.3 Å². The first-order chi connectivity index (χ1) is 8.60. The van der Waals surface area contributed by atoms with Crippen LogP contribution in [0.3, 0.4) is 0 Å². The first kappa shape index (κ1) is 13.0. The molecule has 0 bridgehead atoms. The summed E-state index contributed by atoms with van der Waals surface area (Å²) in [5.41, 5.74) is 1.45. The van der Waals surface area contributed by atoms with Gasteiger partial charge in [-0.05, 0) is 48.4 Å². The van der Waals surface area contributed by atoms with Crippen LogP contribution >= 0.6 is 15.9 Å². The van der Waals surface area contributed by atoms with Gasteiger partial charge in [0.15, 0.2) is 11.6 Å². The monoisotopic (exact) mass is 312 g/mol. The average Bonchev–Trinajstić information content (AvgIpc) is 2.34. The summed E-state index contributed by atoms with van der Waals surface area (Å²) < 4.78 is 32.1. The van der Waals surface area contributed by atoms with Gasteiger partial charge in [0.25, 0.3) is 0 Å². The number of aryl methyl sites for hydroxylation is 1. The molecule has 0 fully saturated rings. The van der Waals surface area contributed by atoms with Gasteiger partial charge in [0.05, 0.1) is 0 Å². The summed E-state index contributed by atoms with van der Waals surface area (Å²) in [4.78, 5) is 0. The second-order valence-electron chi connectivity index (χ2n) is 3.91. The topological polar surface area (TPSA) is 9.23 Å². The fraction of sp³-hybridized carbons (Fsp3) is 0.143. The van der Waals surface area contributed by atoms with Crippen molar-refractivity contribution in [3.8, 4) is 11.5 Å². The molecule has 0 saturated heterocycles. The minimum absolute atomic E-state index is 0.134. The highest BCUT2D eigenvalue weighted by molar-refractivity contribution is 9.08. The molecule has 2 rings (SSSR count). The third kappa shape index (κ3) is 2.88. The molecule has 18 heavy (non-hydrogen) atoms. The lowest BCUT2D eigenvalue weighted by atomic mass is 10.2. The highest BCUT2D eigenvalue weighted by Gasteiger charge is 2.08. The van der Waals surface area contributed by atoms with Crippen LogP contribution in [0.15, 0.2) is 36.4 Å². The maximum atomic E-state index is 13.7. The second-order valence-corrected chi connectivity index (χ2v) is 4.47. The van der Waals surface area contributed by atoms with E-state index in [1.54, 1.807) is 19.1 Å². The molecule has 0 aliphatic heterocycles. The van der Waals surface area contributed by atoms with Gasteiger partial charge in [-0.2, -0.15) is 0 Å². The zero-order chi connectivity index (χ0) is 13.1. The number of benzene rings is 2. The van der Waals surface area contributed by atoms with E-state index in [1.165, 1.54) is 24.3 Å². The van der Waals surface area contributed by atoms with Crippen molar-refractivity contribution in [3.05, 3.63) is 59.2 Å². The largest absolute Gasteiger partial charge is 0.454 e. The number of halogens is 3. The summed E-state index contributed by atoms with van der Waals surface area (Å²) in [5.74, 6) is -0.193. The second kappa shape index (κ2) is 5.48. The quantitative estimate of drug-likeness (QED) is 0.728. The van der Waals surface area contributed by atoms with Crippen molar-refractivity contribution >= 4 is 15.9 Å². The molecule has 0 amide bonds. The van der Waals surface area contributed by atoms with Gasteiger partial charge in [0, 0.05) is 5.33 Å². The Hall–Kier alpha value is -1.42. The van der Waals surface area contributed by atoms with E-state index in [0.29, 0.717) is 16.6 Å². The lowest BCUT2D eigenvalue weighted by Crippen LogP contribution is -1.92. The van der Waals surface area contributed by atoms with Gasteiger partial charge < -0.3 is 4.74 Å². The van der Waals surface area contributed by atoms with E-state index in [4.69, 9.17) is 4.74 Å². The predicted octanol–water partition coefficient (Wildman–Crippen LogP) is 4.96. The molecule has 0 unspecified atom stereocenters. The van der Waals surface area contributed by atoms with Gasteiger partial charge in [-0.3, -0.25) is 0 Å². The van der Waals surface area contributed by atoms with Gasteiger partial charge >= 0.3 is 0 Å². The fourth-order valence-electron chi connectivity index (χ4n) is 1.56. The van der Waals surface area contributed by atoms with Crippen LogP contribution in [0.4, 0.5) is 8.78 Å². The van der Waals surface area contributed by atoms with Crippen LogP contribution in [0.5, 0.6) is 11.5 Å². The van der Waals surface area contributed by atoms with Gasteiger partial charge in [0.1, 0.15) is 11.6 Å². The number of hydrogen-bond acceptors (Lipinski definition) is 1. The first-order valence-electron chi connectivity index (χ1n) is 5.38. The molecular weight excluding hydrogens is 302 g/mol. The molecule has 94 valence electrons. The maximum Gasteiger partial charge on any atom is 0.166 e. The van der Waals surface area contributed by atoms with Gasteiger partial charge in [-0.15, -0.1) is 0 Å². The van der Waals surface area contributed by atoms with E-state index >= 15 is 0 Å². The van der Waals surface area contributed by atoms with E-state index < -0.39 is 5.82 Å². The molecule has 1 nitrogen and oxygen atoms in total. The van der Waals surface area contributed by atoms with Crippen LogP contribution in [0.1, 0.15) is 11.1 Å². The number of rotatable bonds is 3. The molecule has 0 heterocycles. The summed E-state index contributed by atoms with van der Waals surface area (Å²) in [6, 6.07) is 8.86. The van der Waals surface area contributed by atoms with E-state index in [0.717, 1.165) is 5.56 Å². The summed E-state index contributed by atoms with van der Waals surface area (Å²) >= 11 is 3.25. The number of ether oxygens (including phenoxy) is 1. The Bertz CT molecular complexity index is 570. The van der Waals surface area contributed by atoms with E-state index in [-0.39, 0.29) is 11.6 Å². The van der Waals surface area contributed by atoms with Gasteiger partial charge in [-0.1, -0.05) is 22.0 Å². The molecule has 0 radical (unpaired) electrons. The van der Waals surface area contributed by atoms with Gasteiger partial charge in [-0.25, -0.2) is 8.78 Å². The third-order valence-electron chi connectivity index (χ3n) is 2.51. The molecule has 0 aromatic heterocycles. The number of hydrogen-bond donors (Lipinski definition) is 0. The molecule has 0 aliphatic rings. The third-order valence-corrected chi connectivity index (χ3v) is 3.15. The zero-order valence-corrected chi connectivity index (χ0v) is 11.3. The molecule has 0 aliphatic carbocycles. The average molecular weight is 313 g/mol. The first-order valence-corrected chi connectivity index (χ1v) is 6.50. The molecule has 2 aromatic rings.